The molecule has 4 nitrogen and oxygen atoms in total. The van der Waals surface area contributed by atoms with Gasteiger partial charge in [-0.2, -0.15) is 13.2 Å². The molecule has 0 aromatic rings. The Hall–Kier alpha value is -1.27. The lowest BCUT2D eigenvalue weighted by Crippen LogP contribution is -2.45. The Morgan fingerprint density at radius 2 is 1.80 bits per heavy atom. The summed E-state index contributed by atoms with van der Waals surface area (Å²) in [5, 5.41) is 8.35. The minimum atomic E-state index is -5.02. The topological polar surface area (TPSA) is 57.6 Å². The number of carboxylic acids is 1. The lowest BCUT2D eigenvalue weighted by molar-refractivity contribution is -0.187. The van der Waals surface area contributed by atoms with Crippen molar-refractivity contribution < 1.29 is 27.9 Å². The Balaban J connectivity index is 4.62. The zero-order valence-corrected chi connectivity index (χ0v) is 8.34. The number of carbonyl (C=O) groups excluding carboxylic acids is 1. The number of aliphatic carboxylic acids is 1. The van der Waals surface area contributed by atoms with Crippen molar-refractivity contribution >= 4 is 11.9 Å². The Morgan fingerprint density at radius 1 is 1.33 bits per heavy atom. The molecule has 88 valence electrons. The maximum absolute atomic E-state index is 12.0. The van der Waals surface area contributed by atoms with E-state index < -0.39 is 24.6 Å². The fraction of sp³-hybridized carbons (Fsp3) is 0.750. The van der Waals surface area contributed by atoms with E-state index in [1.807, 2.05) is 0 Å². The molecule has 0 fully saturated rings. The molecule has 0 aromatic carbocycles. The standard InChI is InChI=1S/C8H12F3NO3/c1-5(2)3-12(4-6(13)14)7(15)8(9,10)11/h5H,3-4H2,1-2H3,(H,13,14). The molecule has 0 saturated heterocycles. The Labute approximate surface area is 84.7 Å². The summed E-state index contributed by atoms with van der Waals surface area (Å²) in [5.74, 6) is -3.80. The van der Waals surface area contributed by atoms with Gasteiger partial charge >= 0.3 is 18.1 Å². The summed E-state index contributed by atoms with van der Waals surface area (Å²) in [6.45, 7) is 2.03. The predicted octanol–water partition coefficient (Wildman–Crippen LogP) is 1.12. The van der Waals surface area contributed by atoms with Crippen molar-refractivity contribution in [2.45, 2.75) is 20.0 Å². The van der Waals surface area contributed by atoms with Crippen molar-refractivity contribution in [1.29, 1.82) is 0 Å². The van der Waals surface area contributed by atoms with E-state index in [9.17, 15) is 22.8 Å². The second-order valence-corrected chi connectivity index (χ2v) is 3.47. The third-order valence-electron chi connectivity index (χ3n) is 1.44. The molecule has 15 heavy (non-hydrogen) atoms. The highest BCUT2D eigenvalue weighted by Crippen LogP contribution is 2.19. The van der Waals surface area contributed by atoms with Gasteiger partial charge in [0.25, 0.3) is 0 Å². The van der Waals surface area contributed by atoms with Crippen LogP contribution in [-0.4, -0.2) is 41.1 Å². The van der Waals surface area contributed by atoms with Gasteiger partial charge in [-0.15, -0.1) is 0 Å². The normalized spacial score (nSPS) is 11.6. The Kier molecular flexibility index (Phi) is 4.57. The number of carbonyl (C=O) groups is 2. The molecule has 0 aliphatic rings. The average molecular weight is 227 g/mol. The highest BCUT2D eigenvalue weighted by Gasteiger charge is 2.43. The Bertz CT molecular complexity index is 250. The summed E-state index contributed by atoms with van der Waals surface area (Å²) >= 11 is 0. The van der Waals surface area contributed by atoms with Crippen molar-refractivity contribution in [2.75, 3.05) is 13.1 Å². The molecule has 1 N–H and O–H groups in total. The summed E-state index contributed by atoms with van der Waals surface area (Å²) in [6, 6.07) is 0. The van der Waals surface area contributed by atoms with Gasteiger partial charge in [-0.05, 0) is 5.92 Å². The molecule has 0 aromatic heterocycles. The first-order chi connectivity index (χ1) is 6.64. The van der Waals surface area contributed by atoms with Crippen LogP contribution in [0, 0.1) is 5.92 Å². The molecule has 0 aliphatic carbocycles. The van der Waals surface area contributed by atoms with Gasteiger partial charge in [-0.1, -0.05) is 13.8 Å². The third kappa shape index (κ3) is 5.24. The molecular formula is C8H12F3NO3. The number of rotatable bonds is 4. The molecule has 0 saturated carbocycles. The molecular weight excluding hydrogens is 215 g/mol. The molecule has 0 radical (unpaired) electrons. The molecule has 0 atom stereocenters. The van der Waals surface area contributed by atoms with Gasteiger partial charge < -0.3 is 10.0 Å². The van der Waals surface area contributed by atoms with E-state index in [0.29, 0.717) is 0 Å². The SMILES string of the molecule is CC(C)CN(CC(=O)O)C(=O)C(F)(F)F. The monoisotopic (exact) mass is 227 g/mol. The molecule has 7 heteroatoms. The quantitative estimate of drug-likeness (QED) is 0.782. The van der Waals surface area contributed by atoms with Gasteiger partial charge in [-0.25, -0.2) is 0 Å². The average Bonchev–Trinajstić information content (AvgIpc) is 1.98. The minimum Gasteiger partial charge on any atom is -0.480 e. The second-order valence-electron chi connectivity index (χ2n) is 3.47. The van der Waals surface area contributed by atoms with Crippen LogP contribution in [0.15, 0.2) is 0 Å². The van der Waals surface area contributed by atoms with Crippen LogP contribution >= 0.6 is 0 Å². The first-order valence-corrected chi connectivity index (χ1v) is 4.22. The molecule has 0 spiro atoms. The van der Waals surface area contributed by atoms with Crippen molar-refractivity contribution in [3.8, 4) is 0 Å². The second kappa shape index (κ2) is 4.99. The van der Waals surface area contributed by atoms with Gasteiger partial charge in [-0.3, -0.25) is 9.59 Å². The lowest BCUT2D eigenvalue weighted by Gasteiger charge is -2.23. The van der Waals surface area contributed by atoms with Crippen LogP contribution in [0.25, 0.3) is 0 Å². The lowest BCUT2D eigenvalue weighted by atomic mass is 10.2. The van der Waals surface area contributed by atoms with E-state index in [4.69, 9.17) is 5.11 Å². The highest BCUT2D eigenvalue weighted by molar-refractivity contribution is 5.85. The fourth-order valence-corrected chi connectivity index (χ4v) is 1.00. The van der Waals surface area contributed by atoms with Crippen molar-refractivity contribution in [2.24, 2.45) is 5.92 Å². The van der Waals surface area contributed by atoms with Crippen molar-refractivity contribution in [3.05, 3.63) is 0 Å². The summed E-state index contributed by atoms with van der Waals surface area (Å²) in [6.07, 6.45) is -5.02. The van der Waals surface area contributed by atoms with Crippen LogP contribution in [0.5, 0.6) is 0 Å². The van der Waals surface area contributed by atoms with Crippen LogP contribution in [0.2, 0.25) is 0 Å². The van der Waals surface area contributed by atoms with Gasteiger partial charge in [0.2, 0.25) is 0 Å². The molecule has 0 heterocycles. The van der Waals surface area contributed by atoms with Crippen LogP contribution in [0.4, 0.5) is 13.2 Å². The molecule has 0 unspecified atom stereocenters. The number of halogens is 3. The fourth-order valence-electron chi connectivity index (χ4n) is 1.00. The van der Waals surface area contributed by atoms with Crippen molar-refractivity contribution in [3.63, 3.8) is 0 Å². The van der Waals surface area contributed by atoms with Gasteiger partial charge in [0, 0.05) is 6.54 Å². The van der Waals surface area contributed by atoms with E-state index in [0.717, 1.165) is 0 Å². The van der Waals surface area contributed by atoms with Gasteiger partial charge in [0.15, 0.2) is 0 Å². The number of nitrogens with zero attached hydrogens (tertiary/aromatic N) is 1. The van der Waals surface area contributed by atoms with Crippen LogP contribution in [0.3, 0.4) is 0 Å². The summed E-state index contributed by atoms with van der Waals surface area (Å²) < 4.78 is 36.0. The number of amides is 1. The first-order valence-electron chi connectivity index (χ1n) is 4.22. The van der Waals surface area contributed by atoms with Gasteiger partial charge in [0.05, 0.1) is 0 Å². The van der Waals surface area contributed by atoms with E-state index in [-0.39, 0.29) is 17.4 Å². The number of alkyl halides is 3. The molecule has 0 bridgehead atoms. The minimum absolute atomic E-state index is 0.226. The smallest absolute Gasteiger partial charge is 0.471 e. The number of carboxylic acid groups (broad SMARTS) is 1. The number of hydrogen-bond donors (Lipinski definition) is 1. The van der Waals surface area contributed by atoms with Crippen LogP contribution < -0.4 is 0 Å². The predicted molar refractivity (Wildman–Crippen MR) is 45.1 cm³/mol. The van der Waals surface area contributed by atoms with Crippen LogP contribution in [0.1, 0.15) is 13.8 Å². The van der Waals surface area contributed by atoms with E-state index in [1.54, 1.807) is 13.8 Å². The zero-order valence-electron chi connectivity index (χ0n) is 8.34. The third-order valence-corrected chi connectivity index (χ3v) is 1.44. The Morgan fingerprint density at radius 3 is 2.07 bits per heavy atom. The molecule has 1 amide bonds. The molecule has 0 aliphatic heterocycles. The maximum Gasteiger partial charge on any atom is 0.471 e. The van der Waals surface area contributed by atoms with E-state index >= 15 is 0 Å². The summed E-state index contributed by atoms with van der Waals surface area (Å²) in [7, 11) is 0. The largest absolute Gasteiger partial charge is 0.480 e. The van der Waals surface area contributed by atoms with Crippen LogP contribution in [-0.2, 0) is 9.59 Å². The van der Waals surface area contributed by atoms with Gasteiger partial charge in [0.1, 0.15) is 6.54 Å². The van der Waals surface area contributed by atoms with E-state index in [1.165, 1.54) is 0 Å². The summed E-state index contributed by atoms with van der Waals surface area (Å²) in [5.41, 5.74) is 0. The zero-order chi connectivity index (χ0) is 12.2. The van der Waals surface area contributed by atoms with Crippen molar-refractivity contribution in [1.82, 2.24) is 4.90 Å². The number of hydrogen-bond acceptors (Lipinski definition) is 2. The highest BCUT2D eigenvalue weighted by atomic mass is 19.4. The molecule has 0 rings (SSSR count). The van der Waals surface area contributed by atoms with E-state index in [2.05, 4.69) is 0 Å². The summed E-state index contributed by atoms with van der Waals surface area (Å²) in [4.78, 5) is 21.3. The first kappa shape index (κ1) is 13.7. The maximum atomic E-state index is 12.0.